The smallest absolute Gasteiger partial charge is 0.269 e. The number of benzene rings is 2. The van der Waals surface area contributed by atoms with E-state index in [0.717, 1.165) is 4.90 Å². The SMILES string of the molecule is Nc1cccc2c1C(=O)N(c1ccc([N+](=O)[O-])cc1)C2=O. The molecule has 1 aliphatic rings. The van der Waals surface area contributed by atoms with Crippen molar-refractivity contribution < 1.29 is 14.5 Å². The number of hydrogen-bond acceptors (Lipinski definition) is 5. The number of nitrogens with zero attached hydrogens (tertiary/aromatic N) is 2. The van der Waals surface area contributed by atoms with Gasteiger partial charge in [0, 0.05) is 17.8 Å². The summed E-state index contributed by atoms with van der Waals surface area (Å²) >= 11 is 0. The first kappa shape index (κ1) is 12.8. The van der Waals surface area contributed by atoms with Gasteiger partial charge in [0.2, 0.25) is 0 Å². The van der Waals surface area contributed by atoms with Crippen LogP contribution in [0.3, 0.4) is 0 Å². The van der Waals surface area contributed by atoms with E-state index in [4.69, 9.17) is 5.73 Å². The second-order valence-electron chi connectivity index (χ2n) is 4.49. The van der Waals surface area contributed by atoms with Gasteiger partial charge in [0.05, 0.1) is 21.7 Å². The number of carbonyl (C=O) groups is 2. The summed E-state index contributed by atoms with van der Waals surface area (Å²) < 4.78 is 0. The Kier molecular flexibility index (Phi) is 2.69. The van der Waals surface area contributed by atoms with Crippen molar-refractivity contribution in [3.8, 4) is 0 Å². The first-order chi connectivity index (χ1) is 10.0. The summed E-state index contributed by atoms with van der Waals surface area (Å²) in [6.07, 6.45) is 0. The number of fused-ring (bicyclic) bond motifs is 1. The number of nitrogens with two attached hydrogens (primary N) is 1. The third-order valence-corrected chi connectivity index (χ3v) is 3.27. The molecule has 104 valence electrons. The van der Waals surface area contributed by atoms with E-state index in [1.807, 2.05) is 0 Å². The molecule has 7 nitrogen and oxygen atoms in total. The summed E-state index contributed by atoms with van der Waals surface area (Å²) in [7, 11) is 0. The molecular weight excluding hydrogens is 274 g/mol. The van der Waals surface area contributed by atoms with Crippen LogP contribution in [0.1, 0.15) is 20.7 Å². The molecule has 7 heteroatoms. The molecule has 0 unspecified atom stereocenters. The Balaban J connectivity index is 2.06. The predicted octanol–water partition coefficient (Wildman–Crippen LogP) is 1.98. The molecule has 1 aliphatic heterocycles. The Labute approximate surface area is 118 Å². The summed E-state index contributed by atoms with van der Waals surface area (Å²) in [5, 5.41) is 10.6. The highest BCUT2D eigenvalue weighted by Gasteiger charge is 2.38. The minimum atomic E-state index is -0.551. The fourth-order valence-corrected chi connectivity index (χ4v) is 2.27. The van der Waals surface area contributed by atoms with E-state index in [-0.39, 0.29) is 28.2 Å². The topological polar surface area (TPSA) is 107 Å². The van der Waals surface area contributed by atoms with Gasteiger partial charge >= 0.3 is 0 Å². The van der Waals surface area contributed by atoms with Crippen molar-refractivity contribution in [2.24, 2.45) is 0 Å². The van der Waals surface area contributed by atoms with Crippen molar-refractivity contribution in [3.63, 3.8) is 0 Å². The van der Waals surface area contributed by atoms with Crippen LogP contribution in [0.25, 0.3) is 0 Å². The molecule has 3 rings (SSSR count). The number of imide groups is 1. The number of nitrogen functional groups attached to an aromatic ring is 1. The van der Waals surface area contributed by atoms with Crippen molar-refractivity contribution in [3.05, 3.63) is 63.7 Å². The maximum atomic E-state index is 12.3. The number of non-ortho nitro benzene ring substituents is 1. The molecule has 2 aromatic carbocycles. The molecule has 0 aliphatic carbocycles. The van der Waals surface area contributed by atoms with Crippen LogP contribution in [0, 0.1) is 10.1 Å². The van der Waals surface area contributed by atoms with E-state index in [2.05, 4.69) is 0 Å². The van der Waals surface area contributed by atoms with E-state index >= 15 is 0 Å². The van der Waals surface area contributed by atoms with Gasteiger partial charge in [-0.1, -0.05) is 6.07 Å². The average Bonchev–Trinajstić information content (AvgIpc) is 2.72. The maximum Gasteiger partial charge on any atom is 0.269 e. The molecule has 0 aromatic heterocycles. The van der Waals surface area contributed by atoms with Crippen molar-refractivity contribution in [1.82, 2.24) is 0 Å². The molecule has 0 bridgehead atoms. The maximum absolute atomic E-state index is 12.3. The van der Waals surface area contributed by atoms with Crippen LogP contribution in [0.2, 0.25) is 0 Å². The highest BCUT2D eigenvalue weighted by Crippen LogP contribution is 2.32. The van der Waals surface area contributed by atoms with Crippen LogP contribution in [0.15, 0.2) is 42.5 Å². The molecule has 0 fully saturated rings. The molecule has 0 saturated carbocycles. The minimum Gasteiger partial charge on any atom is -0.398 e. The lowest BCUT2D eigenvalue weighted by Gasteiger charge is -2.13. The lowest BCUT2D eigenvalue weighted by molar-refractivity contribution is -0.384. The van der Waals surface area contributed by atoms with Gasteiger partial charge in [-0.15, -0.1) is 0 Å². The molecular formula is C14H9N3O4. The largest absolute Gasteiger partial charge is 0.398 e. The molecule has 0 radical (unpaired) electrons. The summed E-state index contributed by atoms with van der Waals surface area (Å²) in [6, 6.07) is 9.86. The average molecular weight is 283 g/mol. The Morgan fingerprint density at radius 1 is 1.00 bits per heavy atom. The van der Waals surface area contributed by atoms with Gasteiger partial charge in [0.15, 0.2) is 0 Å². The minimum absolute atomic E-state index is 0.116. The number of carbonyl (C=O) groups excluding carboxylic acids is 2. The summed E-state index contributed by atoms with van der Waals surface area (Å²) in [5.74, 6) is -1.02. The fraction of sp³-hybridized carbons (Fsp3) is 0. The van der Waals surface area contributed by atoms with Gasteiger partial charge in [-0.25, -0.2) is 4.90 Å². The van der Waals surface area contributed by atoms with Crippen molar-refractivity contribution in [1.29, 1.82) is 0 Å². The summed E-state index contributed by atoms with van der Waals surface area (Å²) in [4.78, 5) is 35.7. The van der Waals surface area contributed by atoms with Gasteiger partial charge in [-0.05, 0) is 24.3 Å². The Morgan fingerprint density at radius 3 is 2.24 bits per heavy atom. The lowest BCUT2D eigenvalue weighted by atomic mass is 10.1. The zero-order valence-corrected chi connectivity index (χ0v) is 10.6. The number of anilines is 2. The molecule has 1 heterocycles. The van der Waals surface area contributed by atoms with Crippen LogP contribution in [-0.2, 0) is 0 Å². The van der Waals surface area contributed by atoms with E-state index in [1.165, 1.54) is 30.3 Å². The fourth-order valence-electron chi connectivity index (χ4n) is 2.27. The molecule has 2 amide bonds. The number of rotatable bonds is 2. The highest BCUT2D eigenvalue weighted by atomic mass is 16.6. The molecule has 2 aromatic rings. The van der Waals surface area contributed by atoms with Gasteiger partial charge in [-0.3, -0.25) is 19.7 Å². The van der Waals surface area contributed by atoms with E-state index in [0.29, 0.717) is 0 Å². The first-order valence-corrected chi connectivity index (χ1v) is 6.02. The second-order valence-corrected chi connectivity index (χ2v) is 4.49. The zero-order chi connectivity index (χ0) is 15.1. The lowest BCUT2D eigenvalue weighted by Crippen LogP contribution is -2.29. The molecule has 21 heavy (non-hydrogen) atoms. The van der Waals surface area contributed by atoms with Gasteiger partial charge in [-0.2, -0.15) is 0 Å². The van der Waals surface area contributed by atoms with Gasteiger partial charge in [0.25, 0.3) is 17.5 Å². The number of amides is 2. The second kappa shape index (κ2) is 4.41. The van der Waals surface area contributed by atoms with Gasteiger partial charge in [0.1, 0.15) is 0 Å². The number of nitro benzene ring substituents is 1. The van der Waals surface area contributed by atoms with Crippen LogP contribution >= 0.6 is 0 Å². The van der Waals surface area contributed by atoms with Crippen molar-refractivity contribution in [2.45, 2.75) is 0 Å². The summed E-state index contributed by atoms with van der Waals surface area (Å²) in [6.45, 7) is 0. The van der Waals surface area contributed by atoms with E-state index in [9.17, 15) is 19.7 Å². The zero-order valence-electron chi connectivity index (χ0n) is 10.6. The van der Waals surface area contributed by atoms with Crippen LogP contribution in [-0.4, -0.2) is 16.7 Å². The van der Waals surface area contributed by atoms with Gasteiger partial charge < -0.3 is 5.73 Å². The third-order valence-electron chi connectivity index (χ3n) is 3.27. The van der Waals surface area contributed by atoms with Crippen LogP contribution in [0.5, 0.6) is 0 Å². The molecule has 0 atom stereocenters. The van der Waals surface area contributed by atoms with Crippen molar-refractivity contribution >= 4 is 28.9 Å². The Bertz CT molecular complexity index is 783. The summed E-state index contributed by atoms with van der Waals surface area (Å²) in [5.41, 5.74) is 6.53. The molecule has 2 N–H and O–H groups in total. The molecule has 0 spiro atoms. The van der Waals surface area contributed by atoms with Crippen molar-refractivity contribution in [2.75, 3.05) is 10.6 Å². The normalized spacial score (nSPS) is 13.4. The van der Waals surface area contributed by atoms with Crippen LogP contribution < -0.4 is 10.6 Å². The first-order valence-electron chi connectivity index (χ1n) is 6.02. The highest BCUT2D eigenvalue weighted by molar-refractivity contribution is 6.35. The van der Waals surface area contributed by atoms with Crippen LogP contribution in [0.4, 0.5) is 17.1 Å². The number of hydrogen-bond donors (Lipinski definition) is 1. The van der Waals surface area contributed by atoms with E-state index < -0.39 is 16.7 Å². The monoisotopic (exact) mass is 283 g/mol. The number of nitro groups is 1. The third kappa shape index (κ3) is 1.83. The standard InChI is InChI=1S/C14H9N3O4/c15-11-3-1-2-10-12(11)14(19)16(13(10)18)8-4-6-9(7-5-8)17(20)21/h1-7H,15H2. The Morgan fingerprint density at radius 2 is 1.67 bits per heavy atom. The predicted molar refractivity (Wildman–Crippen MR) is 75.1 cm³/mol. The van der Waals surface area contributed by atoms with E-state index in [1.54, 1.807) is 12.1 Å². The quantitative estimate of drug-likeness (QED) is 0.392. The Hall–Kier alpha value is -3.22. The molecule has 0 saturated heterocycles.